The van der Waals surface area contributed by atoms with E-state index in [1.165, 1.54) is 104 Å². The highest BCUT2D eigenvalue weighted by molar-refractivity contribution is 6.31. The second kappa shape index (κ2) is 16.0. The number of aromatic nitrogens is 2. The van der Waals surface area contributed by atoms with Gasteiger partial charge in [-0.25, -0.2) is 9.97 Å². The van der Waals surface area contributed by atoms with E-state index >= 15 is 0 Å². The Morgan fingerprint density at radius 1 is 0.382 bits per heavy atom. The van der Waals surface area contributed by atoms with Gasteiger partial charge >= 0.3 is 0 Å². The Bertz CT molecular complexity index is 4000. The lowest BCUT2D eigenvalue weighted by Crippen LogP contribution is -1.97. The molecular formula is C66H44N2. The zero-order chi connectivity index (χ0) is 45.3. The minimum Gasteiger partial charge on any atom is -0.227 e. The molecule has 0 atom stereocenters. The zero-order valence-corrected chi connectivity index (χ0v) is 37.8. The lowest BCUT2D eigenvalue weighted by Gasteiger charge is -2.22. The number of nitrogens with zero attached hydrogens (tertiary/aromatic N) is 2. The van der Waals surface area contributed by atoms with E-state index in [-0.39, 0.29) is 0 Å². The Morgan fingerprint density at radius 3 is 1.66 bits per heavy atom. The molecule has 0 saturated carbocycles. The predicted molar refractivity (Wildman–Crippen MR) is 289 cm³/mol. The van der Waals surface area contributed by atoms with Crippen LogP contribution in [0, 0.1) is 0 Å². The summed E-state index contributed by atoms with van der Waals surface area (Å²) in [5, 5.41) is 9.95. The fourth-order valence-electron chi connectivity index (χ4n) is 11.1. The molecule has 318 valence electrons. The van der Waals surface area contributed by atoms with E-state index in [0.717, 1.165) is 39.5 Å². The third-order valence-corrected chi connectivity index (χ3v) is 14.2. The van der Waals surface area contributed by atoms with E-state index in [1.807, 2.05) is 6.07 Å². The molecule has 1 heterocycles. The van der Waals surface area contributed by atoms with E-state index < -0.39 is 0 Å². The van der Waals surface area contributed by atoms with Gasteiger partial charge in [0, 0.05) is 22.3 Å². The van der Waals surface area contributed by atoms with Crippen LogP contribution in [0.2, 0.25) is 0 Å². The van der Waals surface area contributed by atoms with E-state index in [2.05, 4.69) is 238 Å². The molecule has 1 aromatic heterocycles. The van der Waals surface area contributed by atoms with Crippen LogP contribution in [-0.4, -0.2) is 9.97 Å². The van der Waals surface area contributed by atoms with Gasteiger partial charge in [0.15, 0.2) is 5.82 Å². The largest absolute Gasteiger partial charge is 0.227 e. The van der Waals surface area contributed by atoms with Crippen molar-refractivity contribution in [2.45, 2.75) is 13.8 Å². The first-order valence-electron chi connectivity index (χ1n) is 23.5. The lowest BCUT2D eigenvalue weighted by molar-refractivity contribution is 1.19. The van der Waals surface area contributed by atoms with E-state index in [4.69, 9.17) is 9.97 Å². The maximum Gasteiger partial charge on any atom is 0.160 e. The lowest BCUT2D eigenvalue weighted by atomic mass is 9.81. The van der Waals surface area contributed by atoms with Gasteiger partial charge in [-0.15, -0.1) is 0 Å². The third kappa shape index (κ3) is 6.18. The van der Waals surface area contributed by atoms with Gasteiger partial charge in [0.2, 0.25) is 0 Å². The number of hydrogen-bond acceptors (Lipinski definition) is 2. The molecule has 0 aliphatic heterocycles. The van der Waals surface area contributed by atoms with Crippen LogP contribution in [0.3, 0.4) is 0 Å². The molecule has 0 N–H and O–H groups in total. The van der Waals surface area contributed by atoms with Crippen LogP contribution >= 0.6 is 0 Å². The van der Waals surface area contributed by atoms with Gasteiger partial charge in [0.25, 0.3) is 0 Å². The molecule has 0 radical (unpaired) electrons. The number of benzene rings is 11. The molecule has 13 rings (SSSR count). The highest BCUT2D eigenvalue weighted by Crippen LogP contribution is 2.54. The first-order valence-corrected chi connectivity index (χ1v) is 23.5. The van der Waals surface area contributed by atoms with Gasteiger partial charge in [-0.3, -0.25) is 0 Å². The van der Waals surface area contributed by atoms with Gasteiger partial charge in [-0.05, 0) is 124 Å². The van der Waals surface area contributed by atoms with Crippen molar-refractivity contribution in [3.8, 4) is 78.4 Å². The quantitative estimate of drug-likeness (QED) is 0.0864. The topological polar surface area (TPSA) is 25.8 Å². The smallest absolute Gasteiger partial charge is 0.160 e. The summed E-state index contributed by atoms with van der Waals surface area (Å²) in [4.78, 5) is 10.7. The van der Waals surface area contributed by atoms with Gasteiger partial charge < -0.3 is 0 Å². The van der Waals surface area contributed by atoms with Crippen molar-refractivity contribution in [2.75, 3.05) is 0 Å². The van der Waals surface area contributed by atoms with Crippen LogP contribution in [0.25, 0.3) is 133 Å². The summed E-state index contributed by atoms with van der Waals surface area (Å²) in [6.45, 7) is 4.40. The van der Waals surface area contributed by atoms with Crippen LogP contribution in [-0.2, 0) is 0 Å². The molecule has 2 heteroatoms. The van der Waals surface area contributed by atoms with E-state index in [0.29, 0.717) is 0 Å². The molecule has 68 heavy (non-hydrogen) atoms. The highest BCUT2D eigenvalue weighted by Gasteiger charge is 2.30. The fraction of sp³-hybridized carbons (Fsp3) is 0.0303. The first kappa shape index (κ1) is 39.6. The highest BCUT2D eigenvalue weighted by atomic mass is 14.9. The molecule has 0 bridgehead atoms. The van der Waals surface area contributed by atoms with Crippen molar-refractivity contribution in [3.63, 3.8) is 0 Å². The summed E-state index contributed by atoms with van der Waals surface area (Å²) >= 11 is 0. The molecule has 11 aromatic carbocycles. The minimum atomic E-state index is 0.729. The summed E-state index contributed by atoms with van der Waals surface area (Å²) in [6, 6.07) is 79.5. The average molecular weight is 865 g/mol. The van der Waals surface area contributed by atoms with E-state index in [1.54, 1.807) is 0 Å². The average Bonchev–Trinajstić information content (AvgIpc) is 3.74. The third-order valence-electron chi connectivity index (χ3n) is 14.2. The van der Waals surface area contributed by atoms with Crippen LogP contribution in [0.4, 0.5) is 0 Å². The molecule has 0 unspecified atom stereocenters. The summed E-state index contributed by atoms with van der Waals surface area (Å²) in [6.07, 6.45) is 4.49. The number of hydrogen-bond donors (Lipinski definition) is 0. The number of rotatable bonds is 8. The van der Waals surface area contributed by atoms with Crippen molar-refractivity contribution < 1.29 is 0 Å². The Balaban J connectivity index is 1.12. The van der Waals surface area contributed by atoms with Crippen LogP contribution in [0.15, 0.2) is 231 Å². The summed E-state index contributed by atoms with van der Waals surface area (Å²) in [7, 11) is 0. The Kier molecular flexibility index (Phi) is 9.33. The predicted octanol–water partition coefficient (Wildman–Crippen LogP) is 18.0. The molecule has 1 aliphatic rings. The second-order valence-electron chi connectivity index (χ2n) is 17.9. The first-order chi connectivity index (χ1) is 33.6. The summed E-state index contributed by atoms with van der Waals surface area (Å²) in [5.41, 5.74) is 19.6. The molecule has 2 nitrogen and oxygen atoms in total. The normalized spacial score (nSPS) is 12.4. The summed E-state index contributed by atoms with van der Waals surface area (Å²) < 4.78 is 0. The molecule has 1 aliphatic carbocycles. The fourth-order valence-corrected chi connectivity index (χ4v) is 11.1. The molecular weight excluding hydrogens is 821 g/mol. The van der Waals surface area contributed by atoms with Crippen LogP contribution in [0.1, 0.15) is 25.0 Å². The molecule has 0 fully saturated rings. The maximum atomic E-state index is 5.40. The number of fused-ring (bicyclic) bond motifs is 3. The maximum absolute atomic E-state index is 5.40. The number of allylic oxidation sites excluding steroid dienone is 4. The van der Waals surface area contributed by atoms with Crippen molar-refractivity contribution in [2.24, 2.45) is 0 Å². The van der Waals surface area contributed by atoms with Crippen LogP contribution in [0.5, 0.6) is 0 Å². The van der Waals surface area contributed by atoms with Crippen LogP contribution < -0.4 is 0 Å². The van der Waals surface area contributed by atoms with Gasteiger partial charge in [0.05, 0.1) is 11.4 Å². The molecule has 0 amide bonds. The van der Waals surface area contributed by atoms with Gasteiger partial charge in [0.1, 0.15) is 0 Å². The Hall–Kier alpha value is -8.72. The zero-order valence-electron chi connectivity index (χ0n) is 37.8. The Morgan fingerprint density at radius 2 is 0.926 bits per heavy atom. The standard InChI is InChI=1S/C66H44N2/c1-3-19-47(41(2)42-20-8-4-9-21-42)58-40-59(55-38-37-53-50(34-32-44-33-35-54(58)62(55)60(44)53)49-29-17-16-28-48(49)43-22-10-5-11-23-43)51-36-39-56-61-52(51)30-18-31-57(61)65-63(56)64(45-24-12-6-13-25-45)67-66(68-65)46-26-14-7-15-27-46/h3-40H,1-2H3/b19-3-,47-41-. The monoisotopic (exact) mass is 864 g/mol. The molecule has 0 saturated heterocycles. The van der Waals surface area contributed by atoms with Crippen molar-refractivity contribution in [1.29, 1.82) is 0 Å². The van der Waals surface area contributed by atoms with Crippen molar-refractivity contribution >= 4 is 54.2 Å². The second-order valence-corrected chi connectivity index (χ2v) is 17.9. The Labute approximate surface area is 396 Å². The van der Waals surface area contributed by atoms with Crippen molar-refractivity contribution in [1.82, 2.24) is 9.97 Å². The molecule has 12 aromatic rings. The molecule has 0 spiro atoms. The SMILES string of the molecule is C/C=C\C(=C(/C)c1ccccc1)c1cc(-c2ccc3c4c(cccc24)-c2nc(-c4ccccc4)nc(-c4ccccc4)c2-3)c2ccc3c(-c4ccccc4-c4ccccc4)ccc4ccc1c2c43. The van der Waals surface area contributed by atoms with Gasteiger partial charge in [-0.1, -0.05) is 224 Å². The van der Waals surface area contributed by atoms with E-state index in [9.17, 15) is 0 Å². The van der Waals surface area contributed by atoms with Crippen molar-refractivity contribution in [3.05, 3.63) is 242 Å². The summed E-state index contributed by atoms with van der Waals surface area (Å²) in [5.74, 6) is 0.729. The van der Waals surface area contributed by atoms with Gasteiger partial charge in [-0.2, -0.15) is 0 Å². The minimum absolute atomic E-state index is 0.729.